The van der Waals surface area contributed by atoms with Crippen LogP contribution in [0.25, 0.3) is 0 Å². The molecular formula is C14H20O. The van der Waals surface area contributed by atoms with Crippen LogP contribution in [0.15, 0.2) is 24.3 Å². The minimum absolute atomic E-state index is 0.254. The Balaban J connectivity index is 2.36. The molecule has 0 saturated heterocycles. The second-order valence-electron chi connectivity index (χ2n) is 4.71. The van der Waals surface area contributed by atoms with Crippen LogP contribution in [-0.2, 0) is 5.41 Å². The lowest BCUT2D eigenvalue weighted by atomic mass is 9.67. The average Bonchev–Trinajstić information content (AvgIpc) is 2.30. The van der Waals surface area contributed by atoms with Gasteiger partial charge in [0.15, 0.2) is 0 Å². The summed E-state index contributed by atoms with van der Waals surface area (Å²) < 4.78 is 0. The van der Waals surface area contributed by atoms with Crippen LogP contribution >= 0.6 is 0 Å². The van der Waals surface area contributed by atoms with Crippen LogP contribution in [0.4, 0.5) is 0 Å². The Morgan fingerprint density at radius 1 is 1.13 bits per heavy atom. The zero-order valence-corrected chi connectivity index (χ0v) is 9.50. The van der Waals surface area contributed by atoms with Crippen molar-refractivity contribution in [2.45, 2.75) is 50.9 Å². The fourth-order valence-corrected chi connectivity index (χ4v) is 2.96. The summed E-state index contributed by atoms with van der Waals surface area (Å²) in [5, 5.41) is 9.96. The molecule has 1 fully saturated rings. The molecule has 0 aliphatic heterocycles. The number of hydrogen-bond acceptors (Lipinski definition) is 1. The number of phenolic OH excluding ortho intramolecular Hbond substituents is 1. The van der Waals surface area contributed by atoms with Gasteiger partial charge >= 0.3 is 0 Å². The van der Waals surface area contributed by atoms with Crippen molar-refractivity contribution in [3.63, 3.8) is 0 Å². The summed E-state index contributed by atoms with van der Waals surface area (Å²) in [6, 6.07) is 7.87. The van der Waals surface area contributed by atoms with E-state index in [9.17, 15) is 5.11 Å². The van der Waals surface area contributed by atoms with Crippen molar-refractivity contribution in [3.05, 3.63) is 29.8 Å². The van der Waals surface area contributed by atoms with Crippen LogP contribution in [0.2, 0.25) is 0 Å². The summed E-state index contributed by atoms with van der Waals surface area (Å²) in [6.45, 7) is 2.25. The lowest BCUT2D eigenvalue weighted by Crippen LogP contribution is -2.28. The molecule has 0 bridgehead atoms. The number of aromatic hydroxyl groups is 1. The molecule has 1 aliphatic rings. The zero-order chi connectivity index (χ0) is 10.7. The van der Waals surface area contributed by atoms with Gasteiger partial charge in [0.1, 0.15) is 5.75 Å². The van der Waals surface area contributed by atoms with E-state index < -0.39 is 0 Å². The fourth-order valence-electron chi connectivity index (χ4n) is 2.96. The average molecular weight is 204 g/mol. The molecule has 1 saturated carbocycles. The Morgan fingerprint density at radius 2 is 1.80 bits per heavy atom. The highest BCUT2D eigenvalue weighted by atomic mass is 16.3. The van der Waals surface area contributed by atoms with Crippen molar-refractivity contribution in [2.24, 2.45) is 0 Å². The molecule has 82 valence electrons. The molecule has 0 amide bonds. The van der Waals surface area contributed by atoms with Gasteiger partial charge in [0.25, 0.3) is 0 Å². The summed E-state index contributed by atoms with van der Waals surface area (Å²) in [7, 11) is 0. The molecule has 15 heavy (non-hydrogen) atoms. The van der Waals surface area contributed by atoms with Gasteiger partial charge in [-0.3, -0.25) is 0 Å². The molecule has 1 heteroatoms. The van der Waals surface area contributed by atoms with E-state index in [4.69, 9.17) is 0 Å². The van der Waals surface area contributed by atoms with Crippen LogP contribution in [0, 0.1) is 0 Å². The van der Waals surface area contributed by atoms with Crippen LogP contribution in [-0.4, -0.2) is 5.11 Å². The summed E-state index contributed by atoms with van der Waals surface area (Å²) in [4.78, 5) is 0. The van der Waals surface area contributed by atoms with E-state index in [0.717, 1.165) is 6.42 Å². The van der Waals surface area contributed by atoms with Crippen molar-refractivity contribution in [1.82, 2.24) is 0 Å². The smallest absolute Gasteiger partial charge is 0.119 e. The zero-order valence-electron chi connectivity index (χ0n) is 9.50. The topological polar surface area (TPSA) is 20.2 Å². The maximum Gasteiger partial charge on any atom is 0.119 e. The summed E-state index contributed by atoms with van der Waals surface area (Å²) in [5.74, 6) is 0.487. The first kappa shape index (κ1) is 10.5. The molecule has 0 spiro atoms. The van der Waals surface area contributed by atoms with Crippen molar-refractivity contribution < 1.29 is 5.11 Å². The van der Waals surface area contributed by atoms with Gasteiger partial charge in [-0.2, -0.15) is 0 Å². The monoisotopic (exact) mass is 204 g/mol. The number of rotatable bonds is 2. The van der Waals surface area contributed by atoms with Crippen LogP contribution < -0.4 is 0 Å². The second-order valence-corrected chi connectivity index (χ2v) is 4.71. The highest BCUT2D eigenvalue weighted by Crippen LogP contribution is 2.44. The highest BCUT2D eigenvalue weighted by molar-refractivity contribution is 5.38. The van der Waals surface area contributed by atoms with E-state index in [2.05, 4.69) is 13.0 Å². The van der Waals surface area contributed by atoms with Gasteiger partial charge in [0.2, 0.25) is 0 Å². The van der Waals surface area contributed by atoms with E-state index in [1.54, 1.807) is 0 Å². The van der Waals surface area contributed by atoms with Gasteiger partial charge in [-0.05, 0) is 30.7 Å². The van der Waals surface area contributed by atoms with Gasteiger partial charge in [0, 0.05) is 5.56 Å². The molecule has 0 atom stereocenters. The van der Waals surface area contributed by atoms with Crippen molar-refractivity contribution in [1.29, 1.82) is 0 Å². The Morgan fingerprint density at radius 3 is 2.40 bits per heavy atom. The lowest BCUT2D eigenvalue weighted by Gasteiger charge is -2.37. The summed E-state index contributed by atoms with van der Waals surface area (Å²) >= 11 is 0. The quantitative estimate of drug-likeness (QED) is 0.772. The van der Waals surface area contributed by atoms with Gasteiger partial charge in [0.05, 0.1) is 0 Å². The first-order chi connectivity index (χ1) is 7.28. The molecule has 1 aliphatic carbocycles. The number of benzene rings is 1. The predicted molar refractivity (Wildman–Crippen MR) is 63.2 cm³/mol. The normalized spacial score (nSPS) is 20.1. The van der Waals surface area contributed by atoms with E-state index in [1.807, 2.05) is 18.2 Å². The van der Waals surface area contributed by atoms with E-state index in [1.165, 1.54) is 37.7 Å². The standard InChI is InChI=1S/C14H20O/c1-2-14(10-6-3-7-11-14)12-8-4-5-9-13(12)15/h4-5,8-9,15H,2-3,6-7,10-11H2,1H3. The van der Waals surface area contributed by atoms with Crippen LogP contribution in [0.1, 0.15) is 51.0 Å². The number of phenols is 1. The highest BCUT2D eigenvalue weighted by Gasteiger charge is 2.33. The Bertz CT molecular complexity index is 324. The molecule has 0 aromatic heterocycles. The van der Waals surface area contributed by atoms with Crippen molar-refractivity contribution >= 4 is 0 Å². The Kier molecular flexibility index (Phi) is 2.99. The van der Waals surface area contributed by atoms with E-state index in [0.29, 0.717) is 5.75 Å². The number of para-hydroxylation sites is 1. The number of hydrogen-bond donors (Lipinski definition) is 1. The van der Waals surface area contributed by atoms with Gasteiger partial charge in [-0.1, -0.05) is 44.4 Å². The third-order valence-electron chi connectivity index (χ3n) is 3.96. The van der Waals surface area contributed by atoms with E-state index in [-0.39, 0.29) is 5.41 Å². The molecule has 0 radical (unpaired) electrons. The van der Waals surface area contributed by atoms with E-state index >= 15 is 0 Å². The van der Waals surface area contributed by atoms with Crippen LogP contribution in [0.5, 0.6) is 5.75 Å². The SMILES string of the molecule is CCC1(c2ccccc2O)CCCCC1. The largest absolute Gasteiger partial charge is 0.508 e. The first-order valence-electron chi connectivity index (χ1n) is 6.07. The Hall–Kier alpha value is -0.980. The first-order valence-corrected chi connectivity index (χ1v) is 6.07. The Labute approximate surface area is 92.1 Å². The molecule has 2 rings (SSSR count). The summed E-state index contributed by atoms with van der Waals surface area (Å²) in [6.07, 6.45) is 7.59. The molecule has 1 aromatic rings. The minimum atomic E-state index is 0.254. The molecular weight excluding hydrogens is 184 g/mol. The third kappa shape index (κ3) is 1.88. The molecule has 1 N–H and O–H groups in total. The molecule has 0 unspecified atom stereocenters. The van der Waals surface area contributed by atoms with Crippen molar-refractivity contribution in [3.8, 4) is 5.75 Å². The van der Waals surface area contributed by atoms with Crippen molar-refractivity contribution in [2.75, 3.05) is 0 Å². The van der Waals surface area contributed by atoms with Crippen LogP contribution in [0.3, 0.4) is 0 Å². The predicted octanol–water partition coefficient (Wildman–Crippen LogP) is 4.00. The minimum Gasteiger partial charge on any atom is -0.508 e. The molecule has 1 aromatic carbocycles. The van der Waals surface area contributed by atoms with Gasteiger partial charge in [-0.15, -0.1) is 0 Å². The fraction of sp³-hybridized carbons (Fsp3) is 0.571. The maximum absolute atomic E-state index is 9.96. The van der Waals surface area contributed by atoms with Gasteiger partial charge < -0.3 is 5.11 Å². The maximum atomic E-state index is 9.96. The van der Waals surface area contributed by atoms with Gasteiger partial charge in [-0.25, -0.2) is 0 Å². The summed E-state index contributed by atoms with van der Waals surface area (Å²) in [5.41, 5.74) is 1.43. The second kappa shape index (κ2) is 4.26. The molecule has 1 nitrogen and oxygen atoms in total. The lowest BCUT2D eigenvalue weighted by molar-refractivity contribution is 0.274. The molecule has 0 heterocycles. The third-order valence-corrected chi connectivity index (χ3v) is 3.96.